The van der Waals surface area contributed by atoms with Gasteiger partial charge in [0.05, 0.1) is 25.4 Å². The zero-order valence-electron chi connectivity index (χ0n) is 55.4. The van der Waals surface area contributed by atoms with Crippen molar-refractivity contribution in [3.63, 3.8) is 0 Å². The zero-order chi connectivity index (χ0) is 60.7. The van der Waals surface area contributed by atoms with E-state index >= 15 is 0 Å². The summed E-state index contributed by atoms with van der Waals surface area (Å²) in [5.74, 6) is -0.139. The predicted octanol–water partition coefficient (Wildman–Crippen LogP) is 20.4. The van der Waals surface area contributed by atoms with E-state index in [2.05, 4.69) is 67.8 Å². The Kier molecular flexibility index (Phi) is 61.2. The number of carbonyl (C=O) groups excluding carboxylic acids is 1. The largest absolute Gasteiger partial charge is 0.394 e. The van der Waals surface area contributed by atoms with Crippen molar-refractivity contribution >= 4 is 5.91 Å². The van der Waals surface area contributed by atoms with Gasteiger partial charge in [-0.3, -0.25) is 4.79 Å². The third-order valence-electron chi connectivity index (χ3n) is 17.7. The standard InChI is InChI=1S/C75H141NO8/c1-3-5-7-9-11-13-15-17-19-21-23-25-27-29-31-33-34-35-37-38-40-42-44-46-48-50-52-54-56-58-60-62-64-69(78)68(67-83-75-74(82)73(81)72(80)70(66-77)84-75)76-71(79)65-63-61-59-57-55-53-51-49-47-45-43-41-39-36-32-30-28-26-24-22-20-18-16-14-12-10-8-6-4-2/h6,8,12,14,18,20,24,26,68-70,72-75,77-78,80-82H,3-5,7,9-11,13,15-17,19,21-23,25,27-67H2,1-2H3,(H,76,79)/b8-6-,14-12-,20-18-,26-24-. The maximum Gasteiger partial charge on any atom is 0.220 e. The van der Waals surface area contributed by atoms with E-state index in [0.717, 1.165) is 64.2 Å². The molecule has 1 fully saturated rings. The second-order valence-electron chi connectivity index (χ2n) is 25.7. The Labute approximate surface area is 520 Å². The highest BCUT2D eigenvalue weighted by atomic mass is 16.7. The number of nitrogens with one attached hydrogen (secondary N) is 1. The summed E-state index contributed by atoms with van der Waals surface area (Å²) in [7, 11) is 0. The third-order valence-corrected chi connectivity index (χ3v) is 17.7. The highest BCUT2D eigenvalue weighted by Gasteiger charge is 2.44. The minimum absolute atomic E-state index is 0.135. The van der Waals surface area contributed by atoms with Crippen molar-refractivity contribution in [1.29, 1.82) is 0 Å². The van der Waals surface area contributed by atoms with Crippen molar-refractivity contribution < 1.29 is 39.8 Å². The summed E-state index contributed by atoms with van der Waals surface area (Å²) >= 11 is 0. The number of aliphatic hydroxyl groups is 5. The van der Waals surface area contributed by atoms with Crippen LogP contribution in [-0.2, 0) is 14.3 Å². The Balaban J connectivity index is 2.08. The van der Waals surface area contributed by atoms with E-state index in [1.807, 2.05) is 0 Å². The predicted molar refractivity (Wildman–Crippen MR) is 359 cm³/mol. The average molecular weight is 1180 g/mol. The van der Waals surface area contributed by atoms with Crippen LogP contribution >= 0.6 is 0 Å². The van der Waals surface area contributed by atoms with E-state index in [9.17, 15) is 30.3 Å². The minimum atomic E-state index is -1.56. The van der Waals surface area contributed by atoms with E-state index in [0.29, 0.717) is 12.8 Å². The molecule has 0 aliphatic carbocycles. The molecule has 1 saturated heterocycles. The first-order chi connectivity index (χ1) is 41.3. The topological polar surface area (TPSA) is 149 Å². The van der Waals surface area contributed by atoms with Gasteiger partial charge in [0.15, 0.2) is 6.29 Å². The molecule has 1 aliphatic heterocycles. The van der Waals surface area contributed by atoms with Crippen molar-refractivity contribution in [1.82, 2.24) is 5.32 Å². The summed E-state index contributed by atoms with van der Waals surface area (Å²) in [6.07, 6.45) is 80.5. The molecule has 1 amide bonds. The third kappa shape index (κ3) is 52.1. The van der Waals surface area contributed by atoms with E-state index < -0.39 is 49.5 Å². The number of allylic oxidation sites excluding steroid dienone is 8. The second-order valence-corrected chi connectivity index (χ2v) is 25.7. The van der Waals surface area contributed by atoms with Gasteiger partial charge in [0.2, 0.25) is 5.91 Å². The Morgan fingerprint density at radius 3 is 1.10 bits per heavy atom. The molecule has 84 heavy (non-hydrogen) atoms. The van der Waals surface area contributed by atoms with E-state index in [1.54, 1.807) is 0 Å². The Bertz CT molecular complexity index is 1470. The molecule has 0 saturated carbocycles. The van der Waals surface area contributed by atoms with E-state index in [-0.39, 0.29) is 12.5 Å². The highest BCUT2D eigenvalue weighted by molar-refractivity contribution is 5.76. The van der Waals surface area contributed by atoms with Crippen LogP contribution in [0.1, 0.15) is 367 Å². The van der Waals surface area contributed by atoms with Crippen LogP contribution in [0.15, 0.2) is 48.6 Å². The van der Waals surface area contributed by atoms with Gasteiger partial charge in [-0.15, -0.1) is 0 Å². The SMILES string of the molecule is CC/C=C\C/C=C\C/C=C\C/C=C\CCCCCCCCCCCCCCCCCCC(=O)NC(COC1OC(CO)C(O)C(O)C1O)C(O)CCCCCCCCCCCCCCCCCCCCCCCCCCCCCCCCCC. The van der Waals surface area contributed by atoms with E-state index in [4.69, 9.17) is 9.47 Å². The maximum atomic E-state index is 13.2. The average Bonchev–Trinajstić information content (AvgIpc) is 3.69. The van der Waals surface area contributed by atoms with Crippen molar-refractivity contribution in [2.75, 3.05) is 13.2 Å². The lowest BCUT2D eigenvalue weighted by molar-refractivity contribution is -0.302. The monoisotopic (exact) mass is 1180 g/mol. The number of unbranched alkanes of at least 4 members (excludes halogenated alkanes) is 47. The minimum Gasteiger partial charge on any atom is -0.394 e. The molecule has 7 unspecified atom stereocenters. The van der Waals surface area contributed by atoms with Crippen LogP contribution in [0.3, 0.4) is 0 Å². The van der Waals surface area contributed by atoms with Gasteiger partial charge in [-0.1, -0.05) is 358 Å². The van der Waals surface area contributed by atoms with Gasteiger partial charge in [-0.05, 0) is 51.4 Å². The number of amides is 1. The zero-order valence-corrected chi connectivity index (χ0v) is 55.4. The Morgan fingerprint density at radius 2 is 0.738 bits per heavy atom. The Hall–Kier alpha value is -1.85. The maximum absolute atomic E-state index is 13.2. The second kappa shape index (κ2) is 64.1. The van der Waals surface area contributed by atoms with Gasteiger partial charge >= 0.3 is 0 Å². The first-order valence-corrected chi connectivity index (χ1v) is 36.8. The molecule has 0 bridgehead atoms. The fraction of sp³-hybridized carbons (Fsp3) is 0.880. The number of ether oxygens (including phenoxy) is 2. The van der Waals surface area contributed by atoms with Gasteiger partial charge in [0.1, 0.15) is 24.4 Å². The molecular weight excluding hydrogens is 1040 g/mol. The van der Waals surface area contributed by atoms with Crippen molar-refractivity contribution in [2.24, 2.45) is 0 Å². The summed E-state index contributed by atoms with van der Waals surface area (Å²) in [5, 5.41) is 55.0. The first-order valence-electron chi connectivity index (χ1n) is 36.8. The fourth-order valence-electron chi connectivity index (χ4n) is 12.0. The molecule has 7 atom stereocenters. The number of carbonyl (C=O) groups is 1. The molecule has 0 spiro atoms. The number of rotatable bonds is 65. The van der Waals surface area contributed by atoms with E-state index in [1.165, 1.54) is 276 Å². The molecule has 0 aromatic rings. The highest BCUT2D eigenvalue weighted by Crippen LogP contribution is 2.24. The molecule has 0 aromatic heterocycles. The van der Waals surface area contributed by atoms with Crippen LogP contribution in [-0.4, -0.2) is 87.5 Å². The smallest absolute Gasteiger partial charge is 0.220 e. The number of aliphatic hydroxyl groups excluding tert-OH is 5. The van der Waals surface area contributed by atoms with Crippen molar-refractivity contribution in [2.45, 2.75) is 410 Å². The molecule has 6 N–H and O–H groups in total. The van der Waals surface area contributed by atoms with Crippen LogP contribution in [0.25, 0.3) is 0 Å². The van der Waals surface area contributed by atoms with Gasteiger partial charge in [0, 0.05) is 6.42 Å². The molecule has 1 aliphatic rings. The quantitative estimate of drug-likeness (QED) is 0.0261. The summed E-state index contributed by atoms with van der Waals surface area (Å²) in [4.78, 5) is 13.2. The first kappa shape index (κ1) is 80.2. The summed E-state index contributed by atoms with van der Waals surface area (Å²) in [5.41, 5.74) is 0. The van der Waals surface area contributed by atoms with Crippen LogP contribution in [0.5, 0.6) is 0 Å². The van der Waals surface area contributed by atoms with Crippen LogP contribution in [0, 0.1) is 0 Å². The molecule has 494 valence electrons. The lowest BCUT2D eigenvalue weighted by Gasteiger charge is -2.40. The molecule has 9 nitrogen and oxygen atoms in total. The summed E-state index contributed by atoms with van der Waals surface area (Å²) in [6, 6.07) is -0.722. The van der Waals surface area contributed by atoms with Gasteiger partial charge < -0.3 is 40.3 Å². The molecule has 1 rings (SSSR count). The van der Waals surface area contributed by atoms with Crippen LogP contribution < -0.4 is 5.32 Å². The number of hydrogen-bond donors (Lipinski definition) is 6. The lowest BCUT2D eigenvalue weighted by Crippen LogP contribution is -2.60. The van der Waals surface area contributed by atoms with Crippen LogP contribution in [0.4, 0.5) is 0 Å². The lowest BCUT2D eigenvalue weighted by atomic mass is 9.99. The normalized spacial score (nSPS) is 18.4. The van der Waals surface area contributed by atoms with Gasteiger partial charge in [-0.25, -0.2) is 0 Å². The molecule has 9 heteroatoms. The van der Waals surface area contributed by atoms with Crippen LogP contribution in [0.2, 0.25) is 0 Å². The summed E-state index contributed by atoms with van der Waals surface area (Å²) < 4.78 is 11.4. The van der Waals surface area contributed by atoms with Crippen molar-refractivity contribution in [3.8, 4) is 0 Å². The molecule has 0 radical (unpaired) electrons. The Morgan fingerprint density at radius 1 is 0.417 bits per heavy atom. The molecule has 0 aromatic carbocycles. The number of hydrogen-bond acceptors (Lipinski definition) is 8. The molecule has 1 heterocycles. The summed E-state index contributed by atoms with van der Waals surface area (Å²) in [6.45, 7) is 3.78. The van der Waals surface area contributed by atoms with Gasteiger partial charge in [0.25, 0.3) is 0 Å². The fourth-order valence-corrected chi connectivity index (χ4v) is 12.0. The van der Waals surface area contributed by atoms with Crippen molar-refractivity contribution in [3.05, 3.63) is 48.6 Å². The van der Waals surface area contributed by atoms with Gasteiger partial charge in [-0.2, -0.15) is 0 Å². The molecular formula is C75H141NO8.